The minimum absolute atomic E-state index is 0.00884. The van der Waals surface area contributed by atoms with Crippen LogP contribution in [0.4, 0.5) is 0 Å². The predicted molar refractivity (Wildman–Crippen MR) is 72.6 cm³/mol. The van der Waals surface area contributed by atoms with Crippen molar-refractivity contribution in [3.8, 4) is 0 Å². The second kappa shape index (κ2) is 5.66. The first kappa shape index (κ1) is 12.7. The van der Waals surface area contributed by atoms with Crippen LogP contribution in [0.2, 0.25) is 0 Å². The molecule has 0 spiro atoms. The zero-order valence-electron chi connectivity index (χ0n) is 10.6. The molecule has 1 heteroatoms. The van der Waals surface area contributed by atoms with Crippen LogP contribution in [-0.2, 0) is 6.42 Å². The van der Waals surface area contributed by atoms with Crippen LogP contribution in [0.25, 0.3) is 0 Å². The molecule has 15 heavy (non-hydrogen) atoms. The van der Waals surface area contributed by atoms with Gasteiger partial charge in [-0.2, -0.15) is 0 Å². The molecule has 0 aliphatic rings. The zero-order valence-corrected chi connectivity index (χ0v) is 11.5. The Morgan fingerprint density at radius 2 is 1.40 bits per heavy atom. The van der Waals surface area contributed by atoms with Gasteiger partial charge in [0, 0.05) is 0 Å². The SMILES string of the molecule is CCc1ccc(P(C(C)C)C(C)C)cc1. The number of rotatable bonds is 4. The number of hydrogen-bond donors (Lipinski definition) is 0. The summed E-state index contributed by atoms with van der Waals surface area (Å²) in [4.78, 5) is 0. The molecule has 0 aromatic heterocycles. The summed E-state index contributed by atoms with van der Waals surface area (Å²) >= 11 is 0. The molecule has 0 atom stereocenters. The van der Waals surface area contributed by atoms with Crippen molar-refractivity contribution in [2.75, 3.05) is 0 Å². The van der Waals surface area contributed by atoms with Gasteiger partial charge >= 0.3 is 0 Å². The summed E-state index contributed by atoms with van der Waals surface area (Å²) in [6, 6.07) is 9.25. The topological polar surface area (TPSA) is 0 Å². The highest BCUT2D eigenvalue weighted by molar-refractivity contribution is 7.66. The van der Waals surface area contributed by atoms with Crippen molar-refractivity contribution < 1.29 is 0 Å². The Hall–Kier alpha value is -0.350. The van der Waals surface area contributed by atoms with Gasteiger partial charge < -0.3 is 0 Å². The third kappa shape index (κ3) is 3.31. The monoisotopic (exact) mass is 222 g/mol. The summed E-state index contributed by atoms with van der Waals surface area (Å²) in [5, 5.41) is 1.56. The van der Waals surface area contributed by atoms with E-state index in [1.54, 1.807) is 5.30 Å². The van der Waals surface area contributed by atoms with Gasteiger partial charge in [0.15, 0.2) is 0 Å². The smallest absolute Gasteiger partial charge is 0.0223 e. The minimum atomic E-state index is 0.00884. The largest absolute Gasteiger partial charge is 0.0701 e. The second-order valence-electron chi connectivity index (χ2n) is 4.61. The van der Waals surface area contributed by atoms with Gasteiger partial charge in [-0.15, -0.1) is 0 Å². The van der Waals surface area contributed by atoms with E-state index in [4.69, 9.17) is 0 Å². The highest BCUT2D eigenvalue weighted by Crippen LogP contribution is 2.44. The Morgan fingerprint density at radius 3 is 1.73 bits per heavy atom. The first-order chi connectivity index (χ1) is 7.06. The van der Waals surface area contributed by atoms with E-state index in [0.717, 1.165) is 17.7 Å². The lowest BCUT2D eigenvalue weighted by Crippen LogP contribution is -2.14. The van der Waals surface area contributed by atoms with Crippen LogP contribution in [0.5, 0.6) is 0 Å². The highest BCUT2D eigenvalue weighted by Gasteiger charge is 2.18. The van der Waals surface area contributed by atoms with E-state index in [-0.39, 0.29) is 7.92 Å². The normalized spacial score (nSPS) is 11.7. The zero-order chi connectivity index (χ0) is 11.4. The lowest BCUT2D eigenvalue weighted by Gasteiger charge is -2.26. The maximum Gasteiger partial charge on any atom is -0.0223 e. The summed E-state index contributed by atoms with van der Waals surface area (Å²) in [5.74, 6) is 0. The molecule has 0 bridgehead atoms. The van der Waals surface area contributed by atoms with E-state index in [1.165, 1.54) is 5.56 Å². The summed E-state index contributed by atoms with van der Waals surface area (Å²) in [6.45, 7) is 11.6. The van der Waals surface area contributed by atoms with Gasteiger partial charge in [0.05, 0.1) is 0 Å². The van der Waals surface area contributed by atoms with Gasteiger partial charge in [-0.05, 0) is 28.6 Å². The Balaban J connectivity index is 2.92. The first-order valence-electron chi connectivity index (χ1n) is 5.93. The Bertz CT molecular complexity index is 277. The van der Waals surface area contributed by atoms with Gasteiger partial charge in [0.2, 0.25) is 0 Å². The van der Waals surface area contributed by atoms with Crippen molar-refractivity contribution in [1.29, 1.82) is 0 Å². The average Bonchev–Trinajstić information content (AvgIpc) is 2.18. The summed E-state index contributed by atoms with van der Waals surface area (Å²) < 4.78 is 0. The van der Waals surface area contributed by atoms with Crippen LogP contribution in [0.3, 0.4) is 0 Å². The van der Waals surface area contributed by atoms with Crippen molar-refractivity contribution in [1.82, 2.24) is 0 Å². The highest BCUT2D eigenvalue weighted by atomic mass is 31.1. The van der Waals surface area contributed by atoms with Crippen molar-refractivity contribution in [2.45, 2.75) is 52.4 Å². The fourth-order valence-corrected chi connectivity index (χ4v) is 4.97. The molecule has 0 saturated heterocycles. The summed E-state index contributed by atoms with van der Waals surface area (Å²) in [7, 11) is 0.00884. The molecule has 1 aromatic carbocycles. The van der Waals surface area contributed by atoms with Crippen molar-refractivity contribution in [3.63, 3.8) is 0 Å². The van der Waals surface area contributed by atoms with Crippen LogP contribution in [0.1, 0.15) is 40.2 Å². The van der Waals surface area contributed by atoms with Crippen molar-refractivity contribution in [3.05, 3.63) is 29.8 Å². The third-order valence-electron chi connectivity index (χ3n) is 2.76. The third-order valence-corrected chi connectivity index (χ3v) is 5.88. The maximum absolute atomic E-state index is 2.35. The standard InChI is InChI=1S/C14H23P/c1-6-13-7-9-14(10-8-13)15(11(2)3)12(4)5/h7-12H,6H2,1-5H3. The number of hydrogen-bond acceptors (Lipinski definition) is 0. The molecule has 0 radical (unpaired) electrons. The van der Waals surface area contributed by atoms with E-state index in [2.05, 4.69) is 58.9 Å². The van der Waals surface area contributed by atoms with Gasteiger partial charge in [-0.1, -0.05) is 66.8 Å². The molecule has 0 nitrogen and oxygen atoms in total. The van der Waals surface area contributed by atoms with Gasteiger partial charge in [0.1, 0.15) is 0 Å². The molecule has 0 aliphatic carbocycles. The molecular weight excluding hydrogens is 199 g/mol. The summed E-state index contributed by atoms with van der Waals surface area (Å²) in [5.41, 5.74) is 3.01. The summed E-state index contributed by atoms with van der Waals surface area (Å²) in [6.07, 6.45) is 1.14. The predicted octanol–water partition coefficient (Wildman–Crippen LogP) is 4.17. The van der Waals surface area contributed by atoms with Crippen molar-refractivity contribution >= 4 is 13.2 Å². The maximum atomic E-state index is 2.35. The molecule has 84 valence electrons. The van der Waals surface area contributed by atoms with Gasteiger partial charge in [-0.3, -0.25) is 0 Å². The van der Waals surface area contributed by atoms with Crippen LogP contribution in [0.15, 0.2) is 24.3 Å². The van der Waals surface area contributed by atoms with Crippen LogP contribution < -0.4 is 5.30 Å². The molecule has 1 rings (SSSR count). The molecule has 0 aliphatic heterocycles. The first-order valence-corrected chi connectivity index (χ1v) is 7.41. The molecule has 0 saturated carbocycles. The van der Waals surface area contributed by atoms with Crippen molar-refractivity contribution in [2.24, 2.45) is 0 Å². The molecule has 1 aromatic rings. The Morgan fingerprint density at radius 1 is 0.933 bits per heavy atom. The van der Waals surface area contributed by atoms with E-state index < -0.39 is 0 Å². The van der Waals surface area contributed by atoms with Gasteiger partial charge in [-0.25, -0.2) is 0 Å². The van der Waals surface area contributed by atoms with Crippen LogP contribution >= 0.6 is 7.92 Å². The average molecular weight is 222 g/mol. The second-order valence-corrected chi connectivity index (χ2v) is 8.01. The number of aryl methyl sites for hydroxylation is 1. The van der Waals surface area contributed by atoms with E-state index >= 15 is 0 Å². The Kier molecular flexibility index (Phi) is 4.80. The molecule has 0 heterocycles. The molecule has 0 fully saturated rings. The van der Waals surface area contributed by atoms with E-state index in [1.807, 2.05) is 0 Å². The molecular formula is C14H23P. The number of benzene rings is 1. The van der Waals surface area contributed by atoms with E-state index in [9.17, 15) is 0 Å². The molecule has 0 unspecified atom stereocenters. The van der Waals surface area contributed by atoms with Crippen LogP contribution in [0, 0.1) is 0 Å². The Labute approximate surface area is 95.9 Å². The van der Waals surface area contributed by atoms with Gasteiger partial charge in [0.25, 0.3) is 0 Å². The molecule has 0 N–H and O–H groups in total. The quantitative estimate of drug-likeness (QED) is 0.671. The van der Waals surface area contributed by atoms with Crippen LogP contribution in [-0.4, -0.2) is 11.3 Å². The fraction of sp³-hybridized carbons (Fsp3) is 0.571. The lowest BCUT2D eigenvalue weighted by molar-refractivity contribution is 1.02. The van der Waals surface area contributed by atoms with E-state index in [0.29, 0.717) is 0 Å². The lowest BCUT2D eigenvalue weighted by atomic mass is 10.2. The minimum Gasteiger partial charge on any atom is -0.0701 e. The molecule has 0 amide bonds. The fourth-order valence-electron chi connectivity index (χ4n) is 2.10.